The molecule has 12 heavy (non-hydrogen) atoms. The highest BCUT2D eigenvalue weighted by atomic mass is 16.5. The van der Waals surface area contributed by atoms with Gasteiger partial charge in [0.05, 0.1) is 19.8 Å². The maximum atomic E-state index is 7.07. The summed E-state index contributed by atoms with van der Waals surface area (Å²) in [6, 6.07) is -0.138. The van der Waals surface area contributed by atoms with Crippen molar-refractivity contribution in [2.45, 2.75) is 6.04 Å². The molecule has 0 saturated carbocycles. The number of nitrogens with one attached hydrogen (secondary N) is 1. The van der Waals surface area contributed by atoms with Crippen LogP contribution < -0.4 is 11.5 Å². The van der Waals surface area contributed by atoms with Crippen molar-refractivity contribution in [1.82, 2.24) is 5.01 Å². The third-order valence-corrected chi connectivity index (χ3v) is 1.57. The molecule has 68 valence electrons. The van der Waals surface area contributed by atoms with Gasteiger partial charge in [-0.05, 0) is 0 Å². The minimum absolute atomic E-state index is 0.0174. The zero-order chi connectivity index (χ0) is 8.97. The SMILES string of the molecule is N=CC1COCCN1N=C(N)N. The van der Waals surface area contributed by atoms with Crippen LogP contribution in [0, 0.1) is 5.41 Å². The Morgan fingerprint density at radius 2 is 2.42 bits per heavy atom. The van der Waals surface area contributed by atoms with Crippen LogP contribution in [0.1, 0.15) is 0 Å². The Kier molecular flexibility index (Phi) is 2.87. The summed E-state index contributed by atoms with van der Waals surface area (Å²) < 4.78 is 5.14. The predicted molar refractivity (Wildman–Crippen MR) is 45.9 cm³/mol. The van der Waals surface area contributed by atoms with E-state index in [1.165, 1.54) is 6.21 Å². The molecular weight excluding hydrogens is 158 g/mol. The molecule has 1 rings (SSSR count). The lowest BCUT2D eigenvalue weighted by atomic mass is 10.3. The first-order valence-corrected chi connectivity index (χ1v) is 3.68. The van der Waals surface area contributed by atoms with E-state index in [1.54, 1.807) is 5.01 Å². The van der Waals surface area contributed by atoms with E-state index >= 15 is 0 Å². The minimum atomic E-state index is -0.138. The van der Waals surface area contributed by atoms with Crippen LogP contribution >= 0.6 is 0 Å². The van der Waals surface area contributed by atoms with Gasteiger partial charge in [-0.3, -0.25) is 5.01 Å². The highest BCUT2D eigenvalue weighted by Gasteiger charge is 2.19. The number of ether oxygens (including phenoxy) is 1. The average Bonchev–Trinajstić information content (AvgIpc) is 2.04. The highest BCUT2D eigenvalue weighted by Crippen LogP contribution is 2.04. The Morgan fingerprint density at radius 1 is 1.67 bits per heavy atom. The number of nitrogens with zero attached hydrogens (tertiary/aromatic N) is 2. The van der Waals surface area contributed by atoms with Crippen molar-refractivity contribution in [2.75, 3.05) is 19.8 Å². The first-order valence-electron chi connectivity index (χ1n) is 3.68. The quantitative estimate of drug-likeness (QED) is 0.348. The van der Waals surface area contributed by atoms with Crippen LogP contribution in [0.2, 0.25) is 0 Å². The molecule has 0 aromatic carbocycles. The van der Waals surface area contributed by atoms with Gasteiger partial charge in [0.1, 0.15) is 6.04 Å². The van der Waals surface area contributed by atoms with Crippen molar-refractivity contribution < 1.29 is 4.74 Å². The maximum absolute atomic E-state index is 7.07. The van der Waals surface area contributed by atoms with Gasteiger partial charge in [-0.25, -0.2) is 0 Å². The van der Waals surface area contributed by atoms with E-state index < -0.39 is 0 Å². The first kappa shape index (κ1) is 8.79. The highest BCUT2D eigenvalue weighted by molar-refractivity contribution is 5.75. The molecule has 0 spiro atoms. The standard InChI is InChI=1S/C6H13N5O/c7-3-5-4-12-2-1-11(5)10-6(8)9/h3,5,7H,1-2,4H2,(H4,8,9,10). The fourth-order valence-electron chi connectivity index (χ4n) is 1.02. The lowest BCUT2D eigenvalue weighted by Crippen LogP contribution is -2.45. The monoisotopic (exact) mass is 171 g/mol. The van der Waals surface area contributed by atoms with Gasteiger partial charge in [0, 0.05) is 6.21 Å². The molecule has 0 aromatic heterocycles. The van der Waals surface area contributed by atoms with E-state index in [4.69, 9.17) is 21.6 Å². The summed E-state index contributed by atoms with van der Waals surface area (Å²) >= 11 is 0. The normalized spacial score (nSPS) is 23.3. The topological polar surface area (TPSA) is 101 Å². The van der Waals surface area contributed by atoms with Crippen molar-refractivity contribution in [3.05, 3.63) is 0 Å². The summed E-state index contributed by atoms with van der Waals surface area (Å²) in [4.78, 5) is 0. The molecule has 6 nitrogen and oxygen atoms in total. The predicted octanol–water partition coefficient (Wildman–Crippen LogP) is -1.47. The van der Waals surface area contributed by atoms with Gasteiger partial charge in [0.2, 0.25) is 5.96 Å². The van der Waals surface area contributed by atoms with E-state index in [2.05, 4.69) is 5.10 Å². The Balaban J connectivity index is 2.58. The lowest BCUT2D eigenvalue weighted by molar-refractivity contribution is 0.0197. The Hall–Kier alpha value is -1.30. The molecule has 1 fully saturated rings. The van der Waals surface area contributed by atoms with E-state index in [0.717, 1.165) is 0 Å². The zero-order valence-corrected chi connectivity index (χ0v) is 6.73. The third-order valence-electron chi connectivity index (χ3n) is 1.57. The smallest absolute Gasteiger partial charge is 0.208 e. The molecule has 1 heterocycles. The van der Waals surface area contributed by atoms with Gasteiger partial charge in [0.25, 0.3) is 0 Å². The van der Waals surface area contributed by atoms with Crippen LogP contribution in [0.5, 0.6) is 0 Å². The molecule has 1 saturated heterocycles. The van der Waals surface area contributed by atoms with Crippen LogP contribution in [-0.4, -0.2) is 43.0 Å². The van der Waals surface area contributed by atoms with Crippen LogP contribution in [-0.2, 0) is 4.74 Å². The van der Waals surface area contributed by atoms with Crippen LogP contribution in [0.4, 0.5) is 0 Å². The van der Waals surface area contributed by atoms with Gasteiger partial charge >= 0.3 is 0 Å². The van der Waals surface area contributed by atoms with Crippen LogP contribution in [0.15, 0.2) is 5.10 Å². The molecule has 0 radical (unpaired) electrons. The molecule has 0 bridgehead atoms. The van der Waals surface area contributed by atoms with Crippen molar-refractivity contribution in [1.29, 1.82) is 5.41 Å². The number of hydrazone groups is 1. The molecule has 5 N–H and O–H groups in total. The van der Waals surface area contributed by atoms with Gasteiger partial charge in [-0.1, -0.05) is 0 Å². The van der Waals surface area contributed by atoms with Gasteiger partial charge in [0.15, 0.2) is 0 Å². The third kappa shape index (κ3) is 2.09. The van der Waals surface area contributed by atoms with E-state index in [9.17, 15) is 0 Å². The minimum Gasteiger partial charge on any atom is -0.377 e. The Labute approximate surface area is 70.7 Å². The van der Waals surface area contributed by atoms with Crippen molar-refractivity contribution >= 4 is 12.2 Å². The van der Waals surface area contributed by atoms with Crippen molar-refractivity contribution in [3.8, 4) is 0 Å². The molecular formula is C6H13N5O. The van der Waals surface area contributed by atoms with Crippen LogP contribution in [0.25, 0.3) is 0 Å². The number of morpholine rings is 1. The number of rotatable bonds is 2. The fraction of sp³-hybridized carbons (Fsp3) is 0.667. The second-order valence-corrected chi connectivity index (χ2v) is 2.50. The molecule has 0 aromatic rings. The molecule has 0 amide bonds. The van der Waals surface area contributed by atoms with E-state index in [1.807, 2.05) is 0 Å². The summed E-state index contributed by atoms with van der Waals surface area (Å²) in [5, 5.41) is 12.6. The number of guanidine groups is 1. The summed E-state index contributed by atoms with van der Waals surface area (Å²) in [5.41, 5.74) is 10.4. The second-order valence-electron chi connectivity index (χ2n) is 2.50. The van der Waals surface area contributed by atoms with Crippen LogP contribution in [0.3, 0.4) is 0 Å². The molecule has 1 atom stereocenters. The Bertz CT molecular complexity index is 188. The maximum Gasteiger partial charge on any atom is 0.208 e. The Morgan fingerprint density at radius 3 is 3.00 bits per heavy atom. The largest absolute Gasteiger partial charge is 0.377 e. The van der Waals surface area contributed by atoms with Crippen molar-refractivity contribution in [2.24, 2.45) is 16.6 Å². The lowest BCUT2D eigenvalue weighted by Gasteiger charge is -2.30. The van der Waals surface area contributed by atoms with Crippen molar-refractivity contribution in [3.63, 3.8) is 0 Å². The molecule has 1 aliphatic rings. The fourth-order valence-corrected chi connectivity index (χ4v) is 1.02. The number of hydrogen-bond donors (Lipinski definition) is 3. The summed E-state index contributed by atoms with van der Waals surface area (Å²) in [7, 11) is 0. The molecule has 6 heteroatoms. The zero-order valence-electron chi connectivity index (χ0n) is 6.73. The van der Waals surface area contributed by atoms with E-state index in [-0.39, 0.29) is 12.0 Å². The van der Waals surface area contributed by atoms with Gasteiger partial charge in [-0.2, -0.15) is 0 Å². The number of nitrogens with two attached hydrogens (primary N) is 2. The number of hydrogen-bond acceptors (Lipinski definition) is 4. The second kappa shape index (κ2) is 3.91. The molecule has 1 aliphatic heterocycles. The summed E-state index contributed by atoms with van der Waals surface area (Å²) in [5.74, 6) is 0.0174. The summed E-state index contributed by atoms with van der Waals surface area (Å²) in [6.07, 6.45) is 1.27. The summed E-state index contributed by atoms with van der Waals surface area (Å²) in [6.45, 7) is 1.69. The first-order chi connectivity index (χ1) is 5.74. The van der Waals surface area contributed by atoms with Gasteiger partial charge in [-0.15, -0.1) is 5.10 Å². The van der Waals surface area contributed by atoms with Gasteiger partial charge < -0.3 is 21.6 Å². The molecule has 1 unspecified atom stereocenters. The van der Waals surface area contributed by atoms with E-state index in [0.29, 0.717) is 19.8 Å². The average molecular weight is 171 g/mol. The molecule has 0 aliphatic carbocycles.